The molecule has 2 aromatic rings. The van der Waals surface area contributed by atoms with Gasteiger partial charge in [0.15, 0.2) is 17.3 Å². The van der Waals surface area contributed by atoms with Crippen molar-refractivity contribution in [3.63, 3.8) is 0 Å². The average molecular weight is 372 g/mol. The highest BCUT2D eigenvalue weighted by Crippen LogP contribution is 2.33. The molecule has 0 aliphatic rings. The number of halogens is 1. The average Bonchev–Trinajstić information content (AvgIpc) is 2.66. The van der Waals surface area contributed by atoms with Crippen LogP contribution in [0, 0.1) is 12.7 Å². The molecule has 0 bridgehead atoms. The Morgan fingerprint density at radius 1 is 1.19 bits per heavy atom. The zero-order valence-electron chi connectivity index (χ0n) is 17.0. The Morgan fingerprint density at radius 3 is 2.44 bits per heavy atom. The van der Waals surface area contributed by atoms with E-state index in [0.29, 0.717) is 11.6 Å². The maximum absolute atomic E-state index is 13.2. The first-order valence-electron chi connectivity index (χ1n) is 9.28. The fourth-order valence-electron chi connectivity index (χ4n) is 2.20. The van der Waals surface area contributed by atoms with Gasteiger partial charge in [0.1, 0.15) is 11.6 Å². The first-order valence-corrected chi connectivity index (χ1v) is 9.28. The molecule has 0 radical (unpaired) electrons. The van der Waals surface area contributed by atoms with Crippen LogP contribution in [0.4, 0.5) is 4.39 Å². The van der Waals surface area contributed by atoms with Gasteiger partial charge in [-0.3, -0.25) is 4.99 Å². The molecule has 0 aliphatic carbocycles. The fraction of sp³-hybridized carbons (Fsp3) is 0.364. The summed E-state index contributed by atoms with van der Waals surface area (Å²) in [5.74, 6) is 0.460. The maximum Gasteiger partial charge on any atom is 0.169 e. The Kier molecular flexibility index (Phi) is 9.20. The van der Waals surface area contributed by atoms with E-state index in [-0.39, 0.29) is 17.5 Å². The number of hydrogen-bond donors (Lipinski definition) is 1. The van der Waals surface area contributed by atoms with Crippen LogP contribution in [0.2, 0.25) is 0 Å². The molecule has 27 heavy (non-hydrogen) atoms. The van der Waals surface area contributed by atoms with Gasteiger partial charge >= 0.3 is 0 Å². The van der Waals surface area contributed by atoms with Crippen LogP contribution in [0.5, 0.6) is 17.2 Å². The van der Waals surface area contributed by atoms with Crippen molar-refractivity contribution in [1.29, 1.82) is 0 Å². The number of amidine groups is 1. The zero-order chi connectivity index (χ0) is 20.4. The van der Waals surface area contributed by atoms with Gasteiger partial charge in [-0.2, -0.15) is 0 Å². The highest BCUT2D eigenvalue weighted by atomic mass is 19.1. The van der Waals surface area contributed by atoms with Gasteiger partial charge < -0.3 is 9.84 Å². The molecule has 0 saturated heterocycles. The number of hydrogen-bond acceptors (Lipinski definition) is 3. The van der Waals surface area contributed by atoms with Crippen molar-refractivity contribution < 1.29 is 14.2 Å². The number of nitrogens with zero attached hydrogens (tertiary/aromatic N) is 2. The molecule has 4 nitrogen and oxygen atoms in total. The molecule has 2 rings (SSSR count). The van der Waals surface area contributed by atoms with Crippen LogP contribution in [-0.4, -0.2) is 23.2 Å². The van der Waals surface area contributed by atoms with Crippen LogP contribution >= 0.6 is 0 Å². The molecule has 5 heteroatoms. The molecule has 2 aromatic carbocycles. The molecule has 1 N–H and O–H groups in total. The molecule has 0 amide bonds. The highest BCUT2D eigenvalue weighted by molar-refractivity contribution is 6.05. The minimum Gasteiger partial charge on any atom is -0.504 e. The second-order valence-electron chi connectivity index (χ2n) is 5.81. The molecule has 0 fully saturated rings. The quantitative estimate of drug-likeness (QED) is 0.495. The summed E-state index contributed by atoms with van der Waals surface area (Å²) in [7, 11) is 0. The van der Waals surface area contributed by atoms with Gasteiger partial charge in [0.05, 0.1) is 5.56 Å². The van der Waals surface area contributed by atoms with Crippen LogP contribution < -0.4 is 4.74 Å². The Balaban J connectivity index is 0.00000176. The van der Waals surface area contributed by atoms with E-state index in [1.54, 1.807) is 12.3 Å². The summed E-state index contributed by atoms with van der Waals surface area (Å²) in [4.78, 5) is 9.04. The minimum absolute atomic E-state index is 0.117. The van der Waals surface area contributed by atoms with Crippen molar-refractivity contribution in [2.45, 2.75) is 54.0 Å². The van der Waals surface area contributed by atoms with Gasteiger partial charge in [-0.25, -0.2) is 9.38 Å². The first kappa shape index (κ1) is 22.4. The van der Waals surface area contributed by atoms with E-state index in [4.69, 9.17) is 4.74 Å². The lowest BCUT2D eigenvalue weighted by Crippen LogP contribution is -2.07. The van der Waals surface area contributed by atoms with Gasteiger partial charge in [0.25, 0.3) is 0 Å². The SMILES string of the molecule is CC.CC=NC(=NC(C)CC)c1cc(C)ccc1Oc1ccc(F)cc1O. The lowest BCUT2D eigenvalue weighted by atomic mass is 10.1. The van der Waals surface area contributed by atoms with Crippen LogP contribution in [0.1, 0.15) is 52.2 Å². The number of aliphatic imine (C=N–C) groups is 2. The number of phenolic OH excluding ortho intramolecular Hbond substituents is 1. The Hall–Kier alpha value is -2.69. The summed E-state index contributed by atoms with van der Waals surface area (Å²) < 4.78 is 19.0. The van der Waals surface area contributed by atoms with E-state index in [1.165, 1.54) is 12.1 Å². The Morgan fingerprint density at radius 2 is 1.85 bits per heavy atom. The Bertz CT molecular complexity index is 801. The van der Waals surface area contributed by atoms with Crippen LogP contribution in [0.25, 0.3) is 0 Å². The monoisotopic (exact) mass is 372 g/mol. The number of aryl methyl sites for hydroxylation is 1. The molecule has 146 valence electrons. The number of benzene rings is 2. The first-order chi connectivity index (χ1) is 12.9. The van der Waals surface area contributed by atoms with Crippen molar-refractivity contribution >= 4 is 12.1 Å². The number of ether oxygens (including phenoxy) is 1. The van der Waals surface area contributed by atoms with E-state index >= 15 is 0 Å². The normalized spacial score (nSPS) is 12.5. The standard InChI is InChI=1S/C20H23FN2O2.C2H6/c1-5-14(4)23-20(22-6-2)16-11-13(3)7-9-18(16)25-19-10-8-15(21)12-17(19)24;1-2/h6-12,14,24H,5H2,1-4H3;1-2H3. The Labute approximate surface area is 161 Å². The predicted molar refractivity (Wildman–Crippen MR) is 111 cm³/mol. The molecule has 0 spiro atoms. The van der Waals surface area contributed by atoms with E-state index in [0.717, 1.165) is 23.6 Å². The summed E-state index contributed by atoms with van der Waals surface area (Å²) in [6.45, 7) is 11.9. The second-order valence-corrected chi connectivity index (χ2v) is 5.81. The molecule has 0 aliphatic heterocycles. The number of phenols is 1. The predicted octanol–water partition coefficient (Wildman–Crippen LogP) is 6.29. The van der Waals surface area contributed by atoms with Crippen LogP contribution in [0.15, 0.2) is 46.4 Å². The van der Waals surface area contributed by atoms with E-state index < -0.39 is 5.82 Å². The maximum atomic E-state index is 13.2. The third kappa shape index (κ3) is 6.51. The van der Waals surface area contributed by atoms with Gasteiger partial charge in [-0.15, -0.1) is 0 Å². The smallest absolute Gasteiger partial charge is 0.169 e. The number of aromatic hydroxyl groups is 1. The summed E-state index contributed by atoms with van der Waals surface area (Å²) in [6.07, 6.45) is 2.58. The van der Waals surface area contributed by atoms with Gasteiger partial charge in [-0.1, -0.05) is 32.4 Å². The van der Waals surface area contributed by atoms with Gasteiger partial charge in [0.2, 0.25) is 0 Å². The van der Waals surface area contributed by atoms with E-state index in [9.17, 15) is 9.50 Å². The van der Waals surface area contributed by atoms with E-state index in [2.05, 4.69) is 16.9 Å². The van der Waals surface area contributed by atoms with Crippen LogP contribution in [0.3, 0.4) is 0 Å². The molecule has 1 atom stereocenters. The summed E-state index contributed by atoms with van der Waals surface area (Å²) in [5.41, 5.74) is 1.76. The summed E-state index contributed by atoms with van der Waals surface area (Å²) in [5, 5.41) is 9.90. The van der Waals surface area contributed by atoms with Crippen molar-refractivity contribution in [2.24, 2.45) is 9.98 Å². The lowest BCUT2D eigenvalue weighted by Gasteiger charge is -2.14. The van der Waals surface area contributed by atoms with Crippen molar-refractivity contribution in [2.75, 3.05) is 0 Å². The lowest BCUT2D eigenvalue weighted by molar-refractivity contribution is 0.407. The molecule has 0 heterocycles. The van der Waals surface area contributed by atoms with Gasteiger partial charge in [0, 0.05) is 18.3 Å². The summed E-state index contributed by atoms with van der Waals surface area (Å²) in [6, 6.07) is 9.39. The molecule has 1 unspecified atom stereocenters. The fourth-order valence-corrected chi connectivity index (χ4v) is 2.20. The minimum atomic E-state index is -0.524. The second kappa shape index (κ2) is 11.1. The molecule has 0 saturated carbocycles. The van der Waals surface area contributed by atoms with Crippen molar-refractivity contribution in [3.8, 4) is 17.2 Å². The number of rotatable bonds is 5. The molecular weight excluding hydrogens is 343 g/mol. The summed E-state index contributed by atoms with van der Waals surface area (Å²) >= 11 is 0. The third-order valence-electron chi connectivity index (χ3n) is 3.70. The third-order valence-corrected chi connectivity index (χ3v) is 3.70. The molecule has 0 aromatic heterocycles. The van der Waals surface area contributed by atoms with E-state index in [1.807, 2.05) is 46.8 Å². The highest BCUT2D eigenvalue weighted by Gasteiger charge is 2.14. The topological polar surface area (TPSA) is 54.2 Å². The molecular formula is C22H29FN2O2. The largest absolute Gasteiger partial charge is 0.504 e. The van der Waals surface area contributed by atoms with Crippen molar-refractivity contribution in [3.05, 3.63) is 53.3 Å². The van der Waals surface area contributed by atoms with Crippen LogP contribution in [-0.2, 0) is 0 Å². The zero-order valence-corrected chi connectivity index (χ0v) is 17.0. The van der Waals surface area contributed by atoms with Gasteiger partial charge in [-0.05, 0) is 51.5 Å². The van der Waals surface area contributed by atoms with Crippen molar-refractivity contribution in [1.82, 2.24) is 0 Å².